The number of H-pyrrole nitrogens is 1. The summed E-state index contributed by atoms with van der Waals surface area (Å²) in [5, 5.41) is 3.41. The monoisotopic (exact) mass is 304 g/mol. The zero-order valence-electron chi connectivity index (χ0n) is 13.4. The molecule has 1 atom stereocenters. The average molecular weight is 304 g/mol. The summed E-state index contributed by atoms with van der Waals surface area (Å²) in [6.45, 7) is 7.21. The Morgan fingerprint density at radius 1 is 1.36 bits per heavy atom. The molecule has 0 aromatic carbocycles. The SMILES string of the molecule is Cc1nc(C)c(CC(=O)N2CCC[C@]3(CCNC3)C2)c(=O)[nH]1. The summed E-state index contributed by atoms with van der Waals surface area (Å²) < 4.78 is 0. The Labute approximate surface area is 130 Å². The molecule has 6 heteroatoms. The summed E-state index contributed by atoms with van der Waals surface area (Å²) in [5.41, 5.74) is 1.22. The standard InChI is InChI=1S/C16H24N4O2/c1-11-13(15(22)19-12(2)18-11)8-14(21)20-7-3-4-16(10-20)5-6-17-9-16/h17H,3-10H2,1-2H3,(H,18,19,22)/t16-/m1/s1. The Bertz CT molecular complexity index is 632. The van der Waals surface area contributed by atoms with Crippen LogP contribution in [0.5, 0.6) is 0 Å². The molecular weight excluding hydrogens is 280 g/mol. The van der Waals surface area contributed by atoms with E-state index in [0.717, 1.165) is 39.0 Å². The fourth-order valence-corrected chi connectivity index (χ4v) is 3.79. The van der Waals surface area contributed by atoms with Gasteiger partial charge in [0, 0.05) is 36.3 Å². The molecule has 2 saturated heterocycles. The predicted octanol–water partition coefficient (Wildman–Crippen LogP) is 0.531. The number of likely N-dealkylation sites (tertiary alicyclic amines) is 1. The van der Waals surface area contributed by atoms with E-state index in [9.17, 15) is 9.59 Å². The maximum absolute atomic E-state index is 12.6. The van der Waals surface area contributed by atoms with Crippen LogP contribution in [0.1, 0.15) is 36.3 Å². The number of hydrogen-bond donors (Lipinski definition) is 2. The van der Waals surface area contributed by atoms with E-state index in [0.29, 0.717) is 17.1 Å². The van der Waals surface area contributed by atoms with Crippen LogP contribution >= 0.6 is 0 Å². The van der Waals surface area contributed by atoms with E-state index in [1.54, 1.807) is 13.8 Å². The van der Waals surface area contributed by atoms with Gasteiger partial charge in [-0.15, -0.1) is 0 Å². The topological polar surface area (TPSA) is 78.1 Å². The molecule has 3 heterocycles. The van der Waals surface area contributed by atoms with Crippen molar-refractivity contribution in [1.29, 1.82) is 0 Å². The first-order valence-corrected chi connectivity index (χ1v) is 8.04. The minimum Gasteiger partial charge on any atom is -0.342 e. The highest BCUT2D eigenvalue weighted by molar-refractivity contribution is 5.79. The molecule has 2 aliphatic rings. The summed E-state index contributed by atoms with van der Waals surface area (Å²) in [5.74, 6) is 0.637. The summed E-state index contributed by atoms with van der Waals surface area (Å²) in [6, 6.07) is 0. The minimum atomic E-state index is -0.187. The smallest absolute Gasteiger partial charge is 0.254 e. The van der Waals surface area contributed by atoms with Crippen LogP contribution in [0.25, 0.3) is 0 Å². The highest BCUT2D eigenvalue weighted by Crippen LogP contribution is 2.35. The Morgan fingerprint density at radius 2 is 2.18 bits per heavy atom. The van der Waals surface area contributed by atoms with Gasteiger partial charge in [-0.1, -0.05) is 0 Å². The Morgan fingerprint density at radius 3 is 2.86 bits per heavy atom. The molecule has 0 unspecified atom stereocenters. The van der Waals surface area contributed by atoms with Gasteiger partial charge in [0.15, 0.2) is 0 Å². The van der Waals surface area contributed by atoms with Crippen molar-refractivity contribution in [3.8, 4) is 0 Å². The Hall–Kier alpha value is -1.69. The summed E-state index contributed by atoms with van der Waals surface area (Å²) in [6.07, 6.45) is 3.53. The van der Waals surface area contributed by atoms with Gasteiger partial charge in [-0.2, -0.15) is 0 Å². The maximum atomic E-state index is 12.6. The van der Waals surface area contributed by atoms with E-state index in [2.05, 4.69) is 15.3 Å². The second-order valence-corrected chi connectivity index (χ2v) is 6.74. The van der Waals surface area contributed by atoms with Gasteiger partial charge >= 0.3 is 0 Å². The van der Waals surface area contributed by atoms with E-state index in [1.165, 1.54) is 6.42 Å². The molecule has 2 N–H and O–H groups in total. The number of nitrogens with zero attached hydrogens (tertiary/aromatic N) is 2. The fraction of sp³-hybridized carbons (Fsp3) is 0.688. The highest BCUT2D eigenvalue weighted by atomic mass is 16.2. The second-order valence-electron chi connectivity index (χ2n) is 6.74. The van der Waals surface area contributed by atoms with Gasteiger partial charge < -0.3 is 15.2 Å². The van der Waals surface area contributed by atoms with Crippen LogP contribution in [-0.4, -0.2) is 47.0 Å². The molecule has 1 aromatic heterocycles. The summed E-state index contributed by atoms with van der Waals surface area (Å²) in [4.78, 5) is 33.6. The van der Waals surface area contributed by atoms with Crippen LogP contribution in [0.3, 0.4) is 0 Å². The fourth-order valence-electron chi connectivity index (χ4n) is 3.79. The highest BCUT2D eigenvalue weighted by Gasteiger charge is 2.39. The third kappa shape index (κ3) is 2.92. The van der Waals surface area contributed by atoms with Crippen LogP contribution in [0.4, 0.5) is 0 Å². The second kappa shape index (κ2) is 5.83. The van der Waals surface area contributed by atoms with Crippen molar-refractivity contribution in [1.82, 2.24) is 20.2 Å². The molecule has 120 valence electrons. The molecule has 3 rings (SSSR count). The molecule has 0 radical (unpaired) electrons. The number of carbonyl (C=O) groups excluding carboxylic acids is 1. The number of rotatable bonds is 2. The first-order valence-electron chi connectivity index (χ1n) is 8.04. The van der Waals surface area contributed by atoms with E-state index in [1.807, 2.05) is 4.90 Å². The van der Waals surface area contributed by atoms with Crippen molar-refractivity contribution < 1.29 is 4.79 Å². The summed E-state index contributed by atoms with van der Waals surface area (Å²) >= 11 is 0. The lowest BCUT2D eigenvalue weighted by molar-refractivity contribution is -0.133. The largest absolute Gasteiger partial charge is 0.342 e. The van der Waals surface area contributed by atoms with Crippen molar-refractivity contribution in [3.63, 3.8) is 0 Å². The molecule has 2 fully saturated rings. The predicted molar refractivity (Wildman–Crippen MR) is 83.8 cm³/mol. The van der Waals surface area contributed by atoms with Crippen molar-refractivity contribution in [2.45, 2.75) is 39.5 Å². The summed E-state index contributed by atoms with van der Waals surface area (Å²) in [7, 11) is 0. The zero-order chi connectivity index (χ0) is 15.7. The number of aryl methyl sites for hydroxylation is 2. The molecule has 0 saturated carbocycles. The molecule has 1 spiro atoms. The average Bonchev–Trinajstić information content (AvgIpc) is 2.90. The number of aromatic nitrogens is 2. The number of piperidine rings is 1. The van der Waals surface area contributed by atoms with Crippen LogP contribution in [-0.2, 0) is 11.2 Å². The van der Waals surface area contributed by atoms with Gasteiger partial charge in [0.25, 0.3) is 5.56 Å². The Kier molecular flexibility index (Phi) is 4.04. The lowest BCUT2D eigenvalue weighted by atomic mass is 9.79. The van der Waals surface area contributed by atoms with Gasteiger partial charge in [-0.25, -0.2) is 4.98 Å². The van der Waals surface area contributed by atoms with Gasteiger partial charge in [-0.05, 0) is 39.7 Å². The van der Waals surface area contributed by atoms with Gasteiger partial charge in [-0.3, -0.25) is 9.59 Å². The van der Waals surface area contributed by atoms with Crippen LogP contribution in [0.2, 0.25) is 0 Å². The maximum Gasteiger partial charge on any atom is 0.254 e. The number of hydrogen-bond acceptors (Lipinski definition) is 4. The van der Waals surface area contributed by atoms with Crippen LogP contribution in [0, 0.1) is 19.3 Å². The van der Waals surface area contributed by atoms with E-state index >= 15 is 0 Å². The molecule has 22 heavy (non-hydrogen) atoms. The van der Waals surface area contributed by atoms with E-state index in [-0.39, 0.29) is 23.3 Å². The number of nitrogens with one attached hydrogen (secondary N) is 2. The molecule has 6 nitrogen and oxygen atoms in total. The molecule has 0 aliphatic carbocycles. The van der Waals surface area contributed by atoms with Crippen LogP contribution in [0.15, 0.2) is 4.79 Å². The third-order valence-electron chi connectivity index (χ3n) is 5.01. The third-order valence-corrected chi connectivity index (χ3v) is 5.01. The zero-order valence-corrected chi connectivity index (χ0v) is 13.4. The minimum absolute atomic E-state index is 0.0465. The molecule has 1 amide bonds. The van der Waals surface area contributed by atoms with E-state index in [4.69, 9.17) is 0 Å². The molecule has 2 aliphatic heterocycles. The number of aromatic amines is 1. The Balaban J connectivity index is 1.73. The van der Waals surface area contributed by atoms with Crippen molar-refractivity contribution in [3.05, 3.63) is 27.4 Å². The van der Waals surface area contributed by atoms with E-state index < -0.39 is 0 Å². The lowest BCUT2D eigenvalue weighted by Crippen LogP contribution is -2.48. The molecular formula is C16H24N4O2. The number of amides is 1. The van der Waals surface area contributed by atoms with Gasteiger partial charge in [0.05, 0.1) is 6.42 Å². The lowest BCUT2D eigenvalue weighted by Gasteiger charge is -2.40. The van der Waals surface area contributed by atoms with Crippen LogP contribution < -0.4 is 10.9 Å². The van der Waals surface area contributed by atoms with Gasteiger partial charge in [0.1, 0.15) is 5.82 Å². The first-order chi connectivity index (χ1) is 10.5. The van der Waals surface area contributed by atoms with Crippen molar-refractivity contribution in [2.75, 3.05) is 26.2 Å². The number of carbonyl (C=O) groups is 1. The van der Waals surface area contributed by atoms with Crippen molar-refractivity contribution >= 4 is 5.91 Å². The molecule has 0 bridgehead atoms. The first kappa shape index (κ1) is 15.2. The van der Waals surface area contributed by atoms with Crippen molar-refractivity contribution in [2.24, 2.45) is 5.41 Å². The quantitative estimate of drug-likeness (QED) is 0.835. The normalized spacial score (nSPS) is 24.9. The molecule has 1 aromatic rings. The van der Waals surface area contributed by atoms with Gasteiger partial charge in [0.2, 0.25) is 5.91 Å².